The molecule has 1 aromatic carbocycles. The van der Waals surface area contributed by atoms with Gasteiger partial charge in [0.05, 0.1) is 0 Å². The van der Waals surface area contributed by atoms with Gasteiger partial charge in [-0.2, -0.15) is 0 Å². The van der Waals surface area contributed by atoms with E-state index < -0.39 is 0 Å². The number of nitrogens with one attached hydrogen (secondary N) is 1. The van der Waals surface area contributed by atoms with Crippen LogP contribution in [0.4, 0.5) is 4.39 Å². The standard InChI is InChI=1S/C14H18FNO2/c15-12-8-10(7-11-3-1-2-4-16-11)9-13-14(12)18-6-5-17-13/h8-9,11,16H,1-7H2. The average molecular weight is 251 g/mol. The van der Waals surface area contributed by atoms with Crippen LogP contribution < -0.4 is 14.8 Å². The van der Waals surface area contributed by atoms with Gasteiger partial charge in [-0.3, -0.25) is 0 Å². The van der Waals surface area contributed by atoms with Crippen LogP contribution in [0.1, 0.15) is 24.8 Å². The van der Waals surface area contributed by atoms with E-state index >= 15 is 0 Å². The summed E-state index contributed by atoms with van der Waals surface area (Å²) in [4.78, 5) is 0. The summed E-state index contributed by atoms with van der Waals surface area (Å²) in [6.07, 6.45) is 4.51. The molecule has 4 heteroatoms. The van der Waals surface area contributed by atoms with Crippen molar-refractivity contribution >= 4 is 0 Å². The molecule has 0 saturated carbocycles. The number of hydrogen-bond donors (Lipinski definition) is 1. The summed E-state index contributed by atoms with van der Waals surface area (Å²) < 4.78 is 24.6. The topological polar surface area (TPSA) is 30.5 Å². The molecule has 1 N–H and O–H groups in total. The van der Waals surface area contributed by atoms with Crippen molar-refractivity contribution in [1.82, 2.24) is 5.32 Å². The van der Waals surface area contributed by atoms with E-state index in [0.717, 1.165) is 24.9 Å². The second kappa shape index (κ2) is 5.14. The summed E-state index contributed by atoms with van der Waals surface area (Å²) in [5.41, 5.74) is 0.983. The van der Waals surface area contributed by atoms with E-state index in [9.17, 15) is 4.39 Å². The van der Waals surface area contributed by atoms with Gasteiger partial charge in [0.1, 0.15) is 13.2 Å². The number of ether oxygens (including phenoxy) is 2. The Morgan fingerprint density at radius 1 is 1.22 bits per heavy atom. The van der Waals surface area contributed by atoms with Crippen LogP contribution in [-0.4, -0.2) is 25.8 Å². The minimum atomic E-state index is -0.307. The molecule has 0 spiro atoms. The zero-order valence-corrected chi connectivity index (χ0v) is 10.4. The molecule has 1 saturated heterocycles. The lowest BCUT2D eigenvalue weighted by Gasteiger charge is -2.24. The largest absolute Gasteiger partial charge is 0.486 e. The maximum Gasteiger partial charge on any atom is 0.197 e. The molecule has 2 aliphatic heterocycles. The lowest BCUT2D eigenvalue weighted by Crippen LogP contribution is -2.35. The summed E-state index contributed by atoms with van der Waals surface area (Å²) in [5.74, 6) is 0.506. The first-order chi connectivity index (χ1) is 8.83. The third-order valence-electron chi connectivity index (χ3n) is 3.55. The smallest absolute Gasteiger partial charge is 0.197 e. The van der Waals surface area contributed by atoms with Gasteiger partial charge in [0.2, 0.25) is 0 Å². The number of fused-ring (bicyclic) bond motifs is 1. The van der Waals surface area contributed by atoms with Gasteiger partial charge in [0, 0.05) is 6.04 Å². The highest BCUT2D eigenvalue weighted by Gasteiger charge is 2.20. The van der Waals surface area contributed by atoms with Gasteiger partial charge in [-0.25, -0.2) is 4.39 Å². The molecular weight excluding hydrogens is 233 g/mol. The van der Waals surface area contributed by atoms with Crippen LogP contribution >= 0.6 is 0 Å². The Morgan fingerprint density at radius 2 is 2.11 bits per heavy atom. The lowest BCUT2D eigenvalue weighted by atomic mass is 9.97. The second-order valence-corrected chi connectivity index (χ2v) is 4.95. The fourth-order valence-electron chi connectivity index (χ4n) is 2.66. The van der Waals surface area contributed by atoms with Crippen molar-refractivity contribution in [2.75, 3.05) is 19.8 Å². The first-order valence-electron chi connectivity index (χ1n) is 6.64. The van der Waals surface area contributed by atoms with Crippen molar-refractivity contribution < 1.29 is 13.9 Å². The molecule has 0 radical (unpaired) electrons. The van der Waals surface area contributed by atoms with E-state index in [1.807, 2.05) is 6.07 Å². The maximum atomic E-state index is 13.9. The molecule has 3 rings (SSSR count). The molecule has 2 aliphatic rings. The number of halogens is 1. The van der Waals surface area contributed by atoms with Crippen LogP contribution in [0, 0.1) is 5.82 Å². The molecule has 98 valence electrons. The molecule has 0 aromatic heterocycles. The Hall–Kier alpha value is -1.29. The Labute approximate surface area is 106 Å². The fourth-order valence-corrected chi connectivity index (χ4v) is 2.66. The normalized spacial score (nSPS) is 22.8. The molecule has 1 unspecified atom stereocenters. The van der Waals surface area contributed by atoms with Crippen LogP contribution in [-0.2, 0) is 6.42 Å². The quantitative estimate of drug-likeness (QED) is 0.874. The van der Waals surface area contributed by atoms with E-state index in [4.69, 9.17) is 9.47 Å². The summed E-state index contributed by atoms with van der Waals surface area (Å²) in [5, 5.41) is 3.47. The Balaban J connectivity index is 1.77. The molecule has 1 aromatic rings. The highest BCUT2D eigenvalue weighted by Crippen LogP contribution is 2.34. The van der Waals surface area contributed by atoms with Gasteiger partial charge in [-0.15, -0.1) is 0 Å². The molecule has 1 fully saturated rings. The van der Waals surface area contributed by atoms with Gasteiger partial charge in [0.15, 0.2) is 17.3 Å². The van der Waals surface area contributed by atoms with E-state index in [0.29, 0.717) is 25.0 Å². The minimum Gasteiger partial charge on any atom is -0.486 e. The number of hydrogen-bond acceptors (Lipinski definition) is 3. The molecule has 0 aliphatic carbocycles. The summed E-state index contributed by atoms with van der Waals surface area (Å²) >= 11 is 0. The van der Waals surface area contributed by atoms with Crippen LogP contribution in [0.2, 0.25) is 0 Å². The molecule has 2 heterocycles. The molecular formula is C14H18FNO2. The first kappa shape index (κ1) is 11.8. The van der Waals surface area contributed by atoms with Crippen molar-refractivity contribution in [2.45, 2.75) is 31.7 Å². The Bertz CT molecular complexity index is 430. The summed E-state index contributed by atoms with van der Waals surface area (Å²) in [6.45, 7) is 1.99. The van der Waals surface area contributed by atoms with Crippen molar-refractivity contribution in [2.24, 2.45) is 0 Å². The Kier molecular flexibility index (Phi) is 3.37. The third-order valence-corrected chi connectivity index (χ3v) is 3.55. The molecule has 18 heavy (non-hydrogen) atoms. The van der Waals surface area contributed by atoms with Gasteiger partial charge in [0.25, 0.3) is 0 Å². The lowest BCUT2D eigenvalue weighted by molar-refractivity contribution is 0.164. The highest BCUT2D eigenvalue weighted by molar-refractivity contribution is 5.45. The van der Waals surface area contributed by atoms with E-state index in [1.165, 1.54) is 12.8 Å². The minimum absolute atomic E-state index is 0.265. The SMILES string of the molecule is Fc1cc(CC2CCCCN2)cc2c1OCCO2. The number of rotatable bonds is 2. The van der Waals surface area contributed by atoms with Gasteiger partial charge >= 0.3 is 0 Å². The van der Waals surface area contributed by atoms with Crippen LogP contribution in [0.15, 0.2) is 12.1 Å². The molecule has 1 atom stereocenters. The Morgan fingerprint density at radius 3 is 2.94 bits per heavy atom. The zero-order valence-electron chi connectivity index (χ0n) is 10.4. The molecule has 0 bridgehead atoms. The monoisotopic (exact) mass is 251 g/mol. The molecule has 3 nitrogen and oxygen atoms in total. The van der Waals surface area contributed by atoms with Crippen molar-refractivity contribution in [1.29, 1.82) is 0 Å². The van der Waals surface area contributed by atoms with Crippen molar-refractivity contribution in [3.05, 3.63) is 23.5 Å². The maximum absolute atomic E-state index is 13.9. The first-order valence-corrected chi connectivity index (χ1v) is 6.64. The average Bonchev–Trinajstić information content (AvgIpc) is 2.40. The van der Waals surface area contributed by atoms with Gasteiger partial charge < -0.3 is 14.8 Å². The van der Waals surface area contributed by atoms with Crippen LogP contribution in [0.25, 0.3) is 0 Å². The zero-order chi connectivity index (χ0) is 12.4. The fraction of sp³-hybridized carbons (Fsp3) is 0.571. The second-order valence-electron chi connectivity index (χ2n) is 4.95. The van der Waals surface area contributed by atoms with Gasteiger partial charge in [-0.05, 0) is 43.5 Å². The third kappa shape index (κ3) is 2.43. The van der Waals surface area contributed by atoms with E-state index in [1.54, 1.807) is 6.07 Å². The predicted octanol–water partition coefficient (Wildman–Crippen LogP) is 2.28. The predicted molar refractivity (Wildman–Crippen MR) is 66.7 cm³/mol. The summed E-state index contributed by atoms with van der Waals surface area (Å²) in [6, 6.07) is 3.94. The van der Waals surface area contributed by atoms with E-state index in [-0.39, 0.29) is 11.6 Å². The van der Waals surface area contributed by atoms with Crippen LogP contribution in [0.5, 0.6) is 11.5 Å². The summed E-state index contributed by atoms with van der Waals surface area (Å²) in [7, 11) is 0. The van der Waals surface area contributed by atoms with Crippen molar-refractivity contribution in [3.8, 4) is 11.5 Å². The van der Waals surface area contributed by atoms with Crippen molar-refractivity contribution in [3.63, 3.8) is 0 Å². The number of piperidine rings is 1. The number of benzene rings is 1. The van der Waals surface area contributed by atoms with Crippen LogP contribution in [0.3, 0.4) is 0 Å². The molecule has 0 amide bonds. The van der Waals surface area contributed by atoms with E-state index in [2.05, 4.69) is 5.32 Å². The highest BCUT2D eigenvalue weighted by atomic mass is 19.1. The van der Waals surface area contributed by atoms with Gasteiger partial charge in [-0.1, -0.05) is 6.42 Å².